The van der Waals surface area contributed by atoms with Crippen LogP contribution in [0.1, 0.15) is 43.8 Å². The maximum Gasteiger partial charge on any atom is 0.252 e. The number of nitrogens with zero attached hydrogens (tertiary/aromatic N) is 2. The van der Waals surface area contributed by atoms with E-state index in [1.54, 1.807) is 0 Å². The molecule has 0 spiro atoms. The highest BCUT2D eigenvalue weighted by Gasteiger charge is 2.20. The normalized spacial score (nSPS) is 17.8. The third-order valence-corrected chi connectivity index (χ3v) is 2.76. The molecular formula is C11H19N3O2. The maximum atomic E-state index is 5.36. The fourth-order valence-corrected chi connectivity index (χ4v) is 1.88. The maximum absolute atomic E-state index is 5.36. The van der Waals surface area contributed by atoms with Gasteiger partial charge in [0.05, 0.1) is 0 Å². The summed E-state index contributed by atoms with van der Waals surface area (Å²) in [5, 5.41) is 7.35. The van der Waals surface area contributed by atoms with Gasteiger partial charge in [-0.3, -0.25) is 0 Å². The van der Waals surface area contributed by atoms with E-state index in [1.165, 1.54) is 0 Å². The molecule has 0 aliphatic carbocycles. The molecule has 1 saturated heterocycles. The van der Waals surface area contributed by atoms with Gasteiger partial charge in [0.2, 0.25) is 0 Å². The van der Waals surface area contributed by atoms with Crippen molar-refractivity contribution in [1.82, 2.24) is 15.5 Å². The molecule has 2 heterocycles. The van der Waals surface area contributed by atoms with Crippen LogP contribution in [0.3, 0.4) is 0 Å². The van der Waals surface area contributed by atoms with Gasteiger partial charge in [-0.05, 0) is 32.4 Å². The molecule has 1 aromatic rings. The van der Waals surface area contributed by atoms with Crippen LogP contribution in [0.2, 0.25) is 0 Å². The van der Waals surface area contributed by atoms with Crippen LogP contribution < -0.4 is 5.32 Å². The number of aromatic nitrogens is 2. The lowest BCUT2D eigenvalue weighted by Gasteiger charge is -2.18. The molecular weight excluding hydrogens is 206 g/mol. The van der Waals surface area contributed by atoms with Crippen LogP contribution in [0.5, 0.6) is 0 Å². The lowest BCUT2D eigenvalue weighted by molar-refractivity contribution is 0.0981. The second-order valence-electron chi connectivity index (χ2n) is 4.12. The molecule has 90 valence electrons. The molecule has 0 saturated carbocycles. The molecule has 5 nitrogen and oxygen atoms in total. The molecule has 1 aliphatic rings. The lowest BCUT2D eigenvalue weighted by Crippen LogP contribution is -2.27. The highest BCUT2D eigenvalue weighted by Crippen LogP contribution is 2.22. The standard InChI is InChI=1S/C11H19N3O2/c1-2-7-15-8-10-13-11(14-16-10)9-3-5-12-6-4-9/h9,12H,2-8H2,1H3. The highest BCUT2D eigenvalue weighted by molar-refractivity contribution is 4.97. The van der Waals surface area contributed by atoms with E-state index in [2.05, 4.69) is 22.4 Å². The first kappa shape index (κ1) is 11.5. The summed E-state index contributed by atoms with van der Waals surface area (Å²) in [5.74, 6) is 1.89. The van der Waals surface area contributed by atoms with Crippen molar-refractivity contribution in [2.75, 3.05) is 19.7 Å². The predicted octanol–water partition coefficient (Wildman–Crippen LogP) is 1.46. The van der Waals surface area contributed by atoms with E-state index in [0.717, 1.165) is 44.8 Å². The quantitative estimate of drug-likeness (QED) is 0.769. The molecule has 1 fully saturated rings. The molecule has 1 N–H and O–H groups in total. The van der Waals surface area contributed by atoms with E-state index in [1.807, 2.05) is 0 Å². The van der Waals surface area contributed by atoms with Gasteiger partial charge in [-0.25, -0.2) is 0 Å². The monoisotopic (exact) mass is 225 g/mol. The molecule has 2 rings (SSSR count). The third kappa shape index (κ3) is 3.02. The zero-order chi connectivity index (χ0) is 11.2. The van der Waals surface area contributed by atoms with E-state index < -0.39 is 0 Å². The van der Waals surface area contributed by atoms with Crippen LogP contribution >= 0.6 is 0 Å². The number of hydrogen-bond acceptors (Lipinski definition) is 5. The Labute approximate surface area is 95.6 Å². The first-order valence-corrected chi connectivity index (χ1v) is 6.01. The van der Waals surface area contributed by atoms with Crippen LogP contribution in [0.15, 0.2) is 4.52 Å². The Balaban J connectivity index is 1.85. The first-order chi connectivity index (χ1) is 7.90. The Kier molecular flexibility index (Phi) is 4.30. The predicted molar refractivity (Wildman–Crippen MR) is 59.1 cm³/mol. The number of ether oxygens (including phenoxy) is 1. The fraction of sp³-hybridized carbons (Fsp3) is 0.818. The molecule has 0 bridgehead atoms. The van der Waals surface area contributed by atoms with Crippen LogP contribution in [0, 0.1) is 0 Å². The minimum Gasteiger partial charge on any atom is -0.372 e. The van der Waals surface area contributed by atoms with Crippen LogP contribution in [0.25, 0.3) is 0 Å². The van der Waals surface area contributed by atoms with Crippen molar-refractivity contribution >= 4 is 0 Å². The minimum atomic E-state index is 0.436. The minimum absolute atomic E-state index is 0.436. The van der Waals surface area contributed by atoms with Gasteiger partial charge in [-0.2, -0.15) is 4.98 Å². The number of rotatable bonds is 5. The van der Waals surface area contributed by atoms with Crippen molar-refractivity contribution < 1.29 is 9.26 Å². The van der Waals surface area contributed by atoms with Crippen LogP contribution in [-0.2, 0) is 11.3 Å². The highest BCUT2D eigenvalue weighted by atomic mass is 16.5. The largest absolute Gasteiger partial charge is 0.372 e. The van der Waals surface area contributed by atoms with Gasteiger partial charge in [0.15, 0.2) is 5.82 Å². The summed E-state index contributed by atoms with van der Waals surface area (Å²) in [5.41, 5.74) is 0. The molecule has 5 heteroatoms. The van der Waals surface area contributed by atoms with Gasteiger partial charge in [-0.15, -0.1) is 0 Å². The van der Waals surface area contributed by atoms with Gasteiger partial charge in [0.1, 0.15) is 6.61 Å². The Morgan fingerprint density at radius 1 is 1.44 bits per heavy atom. The number of nitrogens with one attached hydrogen (secondary N) is 1. The average Bonchev–Trinajstić information content (AvgIpc) is 2.79. The molecule has 1 aromatic heterocycles. The fourth-order valence-electron chi connectivity index (χ4n) is 1.88. The van der Waals surface area contributed by atoms with Crippen molar-refractivity contribution in [3.05, 3.63) is 11.7 Å². The smallest absolute Gasteiger partial charge is 0.252 e. The van der Waals surface area contributed by atoms with Crippen LogP contribution in [-0.4, -0.2) is 29.8 Å². The number of piperidine rings is 1. The summed E-state index contributed by atoms with van der Waals surface area (Å²) in [6, 6.07) is 0. The van der Waals surface area contributed by atoms with E-state index in [4.69, 9.17) is 9.26 Å². The Bertz CT molecular complexity index is 308. The topological polar surface area (TPSA) is 60.2 Å². The summed E-state index contributed by atoms with van der Waals surface area (Å²) in [7, 11) is 0. The Morgan fingerprint density at radius 2 is 2.25 bits per heavy atom. The van der Waals surface area contributed by atoms with E-state index in [0.29, 0.717) is 18.4 Å². The molecule has 0 atom stereocenters. The molecule has 16 heavy (non-hydrogen) atoms. The van der Waals surface area contributed by atoms with E-state index >= 15 is 0 Å². The molecule has 1 aliphatic heterocycles. The van der Waals surface area contributed by atoms with E-state index in [9.17, 15) is 0 Å². The van der Waals surface area contributed by atoms with Crippen molar-refractivity contribution in [3.8, 4) is 0 Å². The second kappa shape index (κ2) is 5.96. The molecule has 0 radical (unpaired) electrons. The molecule has 0 aromatic carbocycles. The average molecular weight is 225 g/mol. The first-order valence-electron chi connectivity index (χ1n) is 6.01. The van der Waals surface area contributed by atoms with Gasteiger partial charge in [0.25, 0.3) is 5.89 Å². The zero-order valence-corrected chi connectivity index (χ0v) is 9.74. The van der Waals surface area contributed by atoms with Gasteiger partial charge in [-0.1, -0.05) is 12.1 Å². The number of hydrogen-bond donors (Lipinski definition) is 1. The Morgan fingerprint density at radius 3 is 3.00 bits per heavy atom. The summed E-state index contributed by atoms with van der Waals surface area (Å²) < 4.78 is 10.5. The van der Waals surface area contributed by atoms with Crippen molar-refractivity contribution in [1.29, 1.82) is 0 Å². The zero-order valence-electron chi connectivity index (χ0n) is 9.74. The van der Waals surface area contributed by atoms with E-state index in [-0.39, 0.29) is 0 Å². The SMILES string of the molecule is CCCOCc1nc(C2CCNCC2)no1. The van der Waals surface area contributed by atoms with Gasteiger partial charge >= 0.3 is 0 Å². The van der Waals surface area contributed by atoms with Crippen molar-refractivity contribution in [2.45, 2.75) is 38.7 Å². The second-order valence-corrected chi connectivity index (χ2v) is 4.12. The third-order valence-electron chi connectivity index (χ3n) is 2.76. The van der Waals surface area contributed by atoms with Gasteiger partial charge < -0.3 is 14.6 Å². The molecule has 0 unspecified atom stereocenters. The summed E-state index contributed by atoms with van der Waals surface area (Å²) >= 11 is 0. The van der Waals surface area contributed by atoms with Crippen molar-refractivity contribution in [3.63, 3.8) is 0 Å². The summed E-state index contributed by atoms with van der Waals surface area (Å²) in [4.78, 5) is 4.38. The van der Waals surface area contributed by atoms with Crippen LogP contribution in [0.4, 0.5) is 0 Å². The summed E-state index contributed by atoms with van der Waals surface area (Å²) in [6.07, 6.45) is 3.19. The van der Waals surface area contributed by atoms with Crippen molar-refractivity contribution in [2.24, 2.45) is 0 Å². The van der Waals surface area contributed by atoms with Gasteiger partial charge in [0, 0.05) is 12.5 Å². The lowest BCUT2D eigenvalue weighted by atomic mass is 9.98. The Hall–Kier alpha value is -0.940. The molecule has 0 amide bonds. The summed E-state index contributed by atoms with van der Waals surface area (Å²) in [6.45, 7) is 5.34.